The third kappa shape index (κ3) is 6.23. The van der Waals surface area contributed by atoms with Gasteiger partial charge in [0.25, 0.3) is 5.91 Å². The predicted molar refractivity (Wildman–Crippen MR) is 156 cm³/mol. The lowest BCUT2D eigenvalue weighted by Gasteiger charge is -2.17. The number of likely N-dealkylation sites (N-methyl/N-ethyl adjacent to an activating group) is 1. The van der Waals surface area contributed by atoms with Crippen molar-refractivity contribution >= 4 is 56.9 Å². The minimum absolute atomic E-state index is 0.209. The first-order valence-electron chi connectivity index (χ1n) is 12.2. The van der Waals surface area contributed by atoms with Crippen LogP contribution in [0.3, 0.4) is 0 Å². The van der Waals surface area contributed by atoms with E-state index in [0.717, 1.165) is 11.3 Å². The molecule has 1 heterocycles. The Kier molecular flexibility index (Phi) is 8.88. The number of nitrogens with zero attached hydrogens (tertiary/aromatic N) is 2. The maximum absolute atomic E-state index is 13.4. The molecule has 1 aliphatic heterocycles. The molecule has 1 amide bonds. The summed E-state index contributed by atoms with van der Waals surface area (Å²) in [6.45, 7) is 4.97. The number of carbonyl (C=O) groups is 2. The first-order chi connectivity index (χ1) is 18.7. The van der Waals surface area contributed by atoms with E-state index in [0.29, 0.717) is 51.2 Å². The minimum Gasteiger partial charge on any atom is -0.494 e. The van der Waals surface area contributed by atoms with Crippen molar-refractivity contribution in [3.8, 4) is 17.2 Å². The van der Waals surface area contributed by atoms with Crippen molar-refractivity contribution in [2.45, 2.75) is 20.5 Å². The van der Waals surface area contributed by atoms with Gasteiger partial charge in [0.1, 0.15) is 18.1 Å². The van der Waals surface area contributed by atoms with Gasteiger partial charge in [-0.2, -0.15) is 0 Å². The van der Waals surface area contributed by atoms with E-state index < -0.39 is 5.97 Å². The van der Waals surface area contributed by atoms with E-state index in [9.17, 15) is 9.59 Å². The van der Waals surface area contributed by atoms with Gasteiger partial charge < -0.3 is 24.2 Å². The van der Waals surface area contributed by atoms with Gasteiger partial charge in [-0.15, -0.1) is 0 Å². The average Bonchev–Trinajstić information content (AvgIpc) is 3.13. The third-order valence-electron chi connectivity index (χ3n) is 5.92. The second-order valence-corrected chi connectivity index (χ2v) is 9.70. The highest BCUT2D eigenvalue weighted by atomic mass is 79.9. The number of benzene rings is 3. The molecule has 0 atom stereocenters. The summed E-state index contributed by atoms with van der Waals surface area (Å²) in [5, 5.41) is 9.46. The van der Waals surface area contributed by atoms with Crippen molar-refractivity contribution in [3.63, 3.8) is 0 Å². The largest absolute Gasteiger partial charge is 0.494 e. The molecule has 0 spiro atoms. The number of rotatable bonds is 10. The molecule has 39 heavy (non-hydrogen) atoms. The Bertz CT molecular complexity index is 1420. The lowest BCUT2D eigenvalue weighted by atomic mass is 10.1. The second-order valence-electron chi connectivity index (χ2n) is 8.48. The first kappa shape index (κ1) is 28.1. The van der Waals surface area contributed by atoms with Crippen LogP contribution in [0.2, 0.25) is 0 Å². The van der Waals surface area contributed by atoms with E-state index in [1.54, 1.807) is 66.6 Å². The topological polar surface area (TPSA) is 88.5 Å². The number of anilines is 1. The molecule has 1 saturated heterocycles. The van der Waals surface area contributed by atoms with Crippen molar-refractivity contribution in [1.82, 2.24) is 4.90 Å². The molecule has 0 aliphatic carbocycles. The smallest absolute Gasteiger partial charge is 0.335 e. The summed E-state index contributed by atoms with van der Waals surface area (Å²) < 4.78 is 18.0. The maximum Gasteiger partial charge on any atom is 0.335 e. The molecular weight excluding hydrogens is 584 g/mol. The Morgan fingerprint density at radius 3 is 2.23 bits per heavy atom. The molecule has 0 unspecified atom stereocenters. The molecule has 0 saturated carbocycles. The van der Waals surface area contributed by atoms with Crippen LogP contribution in [0.15, 0.2) is 70.8 Å². The van der Waals surface area contributed by atoms with Gasteiger partial charge in [0.2, 0.25) is 0 Å². The molecule has 1 N–H and O–H groups in total. The summed E-state index contributed by atoms with van der Waals surface area (Å²) in [6, 6.07) is 17.3. The Morgan fingerprint density at radius 2 is 1.62 bits per heavy atom. The molecule has 1 fully saturated rings. The van der Waals surface area contributed by atoms with Crippen LogP contribution in [0.1, 0.15) is 35.3 Å². The first-order valence-corrected chi connectivity index (χ1v) is 13.4. The number of hydrogen-bond donors (Lipinski definition) is 1. The van der Waals surface area contributed by atoms with Crippen LogP contribution in [-0.2, 0) is 11.4 Å². The van der Waals surface area contributed by atoms with E-state index in [1.807, 2.05) is 13.8 Å². The molecule has 10 heteroatoms. The number of ether oxygens (including phenoxy) is 3. The number of halogens is 1. The van der Waals surface area contributed by atoms with Crippen LogP contribution in [0, 0.1) is 0 Å². The summed E-state index contributed by atoms with van der Waals surface area (Å²) in [5.41, 5.74) is 2.79. The van der Waals surface area contributed by atoms with Gasteiger partial charge in [0, 0.05) is 11.5 Å². The van der Waals surface area contributed by atoms with Crippen molar-refractivity contribution in [2.24, 2.45) is 0 Å². The summed E-state index contributed by atoms with van der Waals surface area (Å²) in [7, 11) is 1.76. The third-order valence-corrected chi connectivity index (χ3v) is 7.06. The lowest BCUT2D eigenvalue weighted by Crippen LogP contribution is -2.31. The predicted octanol–water partition coefficient (Wildman–Crippen LogP) is 6.13. The van der Waals surface area contributed by atoms with Crippen molar-refractivity contribution < 1.29 is 28.9 Å². The highest BCUT2D eigenvalue weighted by Gasteiger charge is 2.37. The Morgan fingerprint density at radius 1 is 0.974 bits per heavy atom. The Hall–Kier alpha value is -3.89. The number of amides is 1. The minimum atomic E-state index is -0.982. The average molecular weight is 612 g/mol. The van der Waals surface area contributed by atoms with Crippen molar-refractivity contribution in [1.29, 1.82) is 0 Å². The molecule has 0 bridgehead atoms. The fourth-order valence-electron chi connectivity index (χ4n) is 3.94. The lowest BCUT2D eigenvalue weighted by molar-refractivity contribution is -0.114. The zero-order valence-electron chi connectivity index (χ0n) is 21.6. The number of aromatic carboxylic acids is 1. The van der Waals surface area contributed by atoms with Gasteiger partial charge in [0.05, 0.1) is 24.5 Å². The molecule has 202 valence electrons. The van der Waals surface area contributed by atoms with Crippen LogP contribution in [0.5, 0.6) is 17.2 Å². The summed E-state index contributed by atoms with van der Waals surface area (Å²) in [5.74, 6) is 0.501. The molecule has 1 aliphatic rings. The standard InChI is InChI=1S/C29H27BrN2O6S/c1-4-36-22-12-10-21(11-13-22)32-27(33)24(31(3)29(32)39)14-20-15-25(37-5-2)26(16-23(20)30)38-17-18-6-8-19(9-7-18)28(34)35/h6-16H,4-5,17H2,1-3H3,(H,34,35)/b24-14-. The zero-order chi connectivity index (χ0) is 28.1. The number of thiocarbonyl (C=S) groups is 1. The monoisotopic (exact) mass is 610 g/mol. The summed E-state index contributed by atoms with van der Waals surface area (Å²) in [4.78, 5) is 27.7. The fraction of sp³-hybridized carbons (Fsp3) is 0.207. The number of carbonyl (C=O) groups excluding carboxylic acids is 1. The van der Waals surface area contributed by atoms with Crippen LogP contribution >= 0.6 is 28.1 Å². The molecule has 8 nitrogen and oxygen atoms in total. The van der Waals surface area contributed by atoms with Gasteiger partial charge in [-0.1, -0.05) is 28.1 Å². The van der Waals surface area contributed by atoms with Gasteiger partial charge in [-0.05, 0) is 91.8 Å². The highest BCUT2D eigenvalue weighted by molar-refractivity contribution is 9.10. The second kappa shape index (κ2) is 12.3. The normalized spacial score (nSPS) is 14.2. The molecule has 0 radical (unpaired) electrons. The van der Waals surface area contributed by atoms with E-state index in [1.165, 1.54) is 17.0 Å². The van der Waals surface area contributed by atoms with Gasteiger partial charge in [-0.25, -0.2) is 4.79 Å². The number of carboxylic acid groups (broad SMARTS) is 1. The molecular formula is C29H27BrN2O6S. The maximum atomic E-state index is 13.4. The molecule has 0 aromatic heterocycles. The summed E-state index contributed by atoms with van der Waals surface area (Å²) >= 11 is 9.19. The van der Waals surface area contributed by atoms with E-state index in [4.69, 9.17) is 31.5 Å². The van der Waals surface area contributed by atoms with E-state index >= 15 is 0 Å². The van der Waals surface area contributed by atoms with Crippen LogP contribution in [0.25, 0.3) is 6.08 Å². The SMILES string of the molecule is CCOc1ccc(N2C(=O)/C(=C/c3cc(OCC)c(OCc4ccc(C(=O)O)cc4)cc3Br)N(C)C2=S)cc1. The van der Waals surface area contributed by atoms with Gasteiger partial charge in [-0.3, -0.25) is 9.69 Å². The van der Waals surface area contributed by atoms with Gasteiger partial charge >= 0.3 is 5.97 Å². The van der Waals surface area contributed by atoms with Crippen LogP contribution in [0.4, 0.5) is 5.69 Å². The van der Waals surface area contributed by atoms with Crippen molar-refractivity contribution in [2.75, 3.05) is 25.2 Å². The number of carboxylic acids is 1. The van der Waals surface area contributed by atoms with E-state index in [2.05, 4.69) is 15.9 Å². The Labute approximate surface area is 240 Å². The number of hydrogen-bond acceptors (Lipinski definition) is 6. The molecule has 4 rings (SSSR count). The quantitative estimate of drug-likeness (QED) is 0.217. The van der Waals surface area contributed by atoms with Gasteiger partial charge in [0.15, 0.2) is 16.6 Å². The highest BCUT2D eigenvalue weighted by Crippen LogP contribution is 2.37. The Balaban J connectivity index is 1.59. The van der Waals surface area contributed by atoms with Crippen molar-refractivity contribution in [3.05, 3.63) is 87.5 Å². The van der Waals surface area contributed by atoms with E-state index in [-0.39, 0.29) is 18.1 Å². The molecule has 3 aromatic rings. The van der Waals surface area contributed by atoms with Crippen LogP contribution in [-0.4, -0.2) is 47.3 Å². The molecule has 3 aromatic carbocycles. The van der Waals surface area contributed by atoms with Crippen LogP contribution < -0.4 is 19.1 Å². The zero-order valence-corrected chi connectivity index (χ0v) is 24.0. The fourth-order valence-corrected chi connectivity index (χ4v) is 4.66. The summed E-state index contributed by atoms with van der Waals surface area (Å²) in [6.07, 6.45) is 1.75.